The van der Waals surface area contributed by atoms with Crippen LogP contribution in [0.15, 0.2) is 48.5 Å². The first kappa shape index (κ1) is 23.9. The predicted octanol–water partition coefficient (Wildman–Crippen LogP) is 1.99. The Bertz CT molecular complexity index is 1030. The Morgan fingerprint density at radius 1 is 1.12 bits per heavy atom. The van der Waals surface area contributed by atoms with Gasteiger partial charge in [0.15, 0.2) is 0 Å². The molecule has 0 aliphatic carbocycles. The number of likely N-dealkylation sites (N-methyl/N-ethyl adjacent to an activating group) is 1. The quantitative estimate of drug-likeness (QED) is 0.624. The highest BCUT2D eigenvalue weighted by Crippen LogP contribution is 2.27. The molecule has 2 heterocycles. The predicted molar refractivity (Wildman–Crippen MR) is 133 cm³/mol. The molecule has 180 valence electrons. The summed E-state index contributed by atoms with van der Waals surface area (Å²) in [5, 5.41) is 2.94. The van der Waals surface area contributed by atoms with E-state index in [0.29, 0.717) is 38.2 Å². The number of nitrogens with zero attached hydrogens (tertiary/aromatic N) is 3. The first-order valence-electron chi connectivity index (χ1n) is 11.9. The maximum Gasteiger partial charge on any atom is 0.251 e. The van der Waals surface area contributed by atoms with Gasteiger partial charge in [0.05, 0.1) is 6.54 Å². The van der Waals surface area contributed by atoms with Crippen LogP contribution in [0.2, 0.25) is 0 Å². The highest BCUT2D eigenvalue weighted by atomic mass is 16.2. The van der Waals surface area contributed by atoms with Gasteiger partial charge in [0.2, 0.25) is 11.8 Å². The van der Waals surface area contributed by atoms with Crippen molar-refractivity contribution in [1.29, 1.82) is 0 Å². The molecule has 1 unspecified atom stereocenters. The van der Waals surface area contributed by atoms with Gasteiger partial charge in [-0.15, -0.1) is 0 Å². The van der Waals surface area contributed by atoms with Crippen molar-refractivity contribution in [3.63, 3.8) is 0 Å². The Kier molecular flexibility index (Phi) is 7.59. The lowest BCUT2D eigenvalue weighted by Gasteiger charge is -2.22. The Labute approximate surface area is 200 Å². The topological polar surface area (TPSA) is 99.0 Å². The molecule has 0 bridgehead atoms. The minimum Gasteiger partial charge on any atom is -0.352 e. The molecule has 8 nitrogen and oxygen atoms in total. The minimum absolute atomic E-state index is 0.0376. The van der Waals surface area contributed by atoms with Crippen LogP contribution < -0.4 is 20.9 Å². The zero-order chi connectivity index (χ0) is 24.1. The second-order valence-corrected chi connectivity index (χ2v) is 9.14. The van der Waals surface area contributed by atoms with Gasteiger partial charge in [-0.25, -0.2) is 0 Å². The molecule has 4 rings (SSSR count). The number of amides is 3. The highest BCUT2D eigenvalue weighted by Gasteiger charge is 2.31. The summed E-state index contributed by atoms with van der Waals surface area (Å²) in [6.45, 7) is 3.76. The van der Waals surface area contributed by atoms with Crippen molar-refractivity contribution >= 4 is 29.1 Å². The van der Waals surface area contributed by atoms with Gasteiger partial charge in [-0.3, -0.25) is 19.3 Å². The van der Waals surface area contributed by atoms with Crippen LogP contribution >= 0.6 is 0 Å². The molecule has 0 spiro atoms. The summed E-state index contributed by atoms with van der Waals surface area (Å²) in [4.78, 5) is 43.3. The number of hydrogen-bond acceptors (Lipinski definition) is 5. The number of benzene rings is 2. The van der Waals surface area contributed by atoms with Crippen molar-refractivity contribution in [2.45, 2.75) is 25.8 Å². The Morgan fingerprint density at radius 3 is 2.56 bits per heavy atom. The summed E-state index contributed by atoms with van der Waals surface area (Å²) in [5.74, 6) is -0.0130. The molecule has 2 aliphatic rings. The SMILES string of the molecule is CN(C(=O)CN1CCCC1)c1ccc(N2CC(CNC(=O)c3cccc(CN)c3)CC2=O)cc1. The fourth-order valence-corrected chi connectivity index (χ4v) is 4.58. The van der Waals surface area contributed by atoms with E-state index in [1.54, 1.807) is 29.0 Å². The second-order valence-electron chi connectivity index (χ2n) is 9.14. The Morgan fingerprint density at radius 2 is 1.85 bits per heavy atom. The van der Waals surface area contributed by atoms with Gasteiger partial charge >= 0.3 is 0 Å². The molecule has 0 radical (unpaired) electrons. The lowest BCUT2D eigenvalue weighted by atomic mass is 10.1. The maximum absolute atomic E-state index is 12.6. The van der Waals surface area contributed by atoms with Gasteiger partial charge in [-0.1, -0.05) is 12.1 Å². The lowest BCUT2D eigenvalue weighted by molar-refractivity contribution is -0.119. The molecule has 3 amide bonds. The van der Waals surface area contributed by atoms with Crippen molar-refractivity contribution in [3.8, 4) is 0 Å². The van der Waals surface area contributed by atoms with Gasteiger partial charge in [0.1, 0.15) is 0 Å². The molecule has 2 fully saturated rings. The summed E-state index contributed by atoms with van der Waals surface area (Å²) in [6.07, 6.45) is 2.70. The molecule has 3 N–H and O–H groups in total. The van der Waals surface area contributed by atoms with Crippen molar-refractivity contribution in [3.05, 3.63) is 59.7 Å². The Hall–Kier alpha value is -3.23. The third-order valence-corrected chi connectivity index (χ3v) is 6.66. The molecular weight excluding hydrogens is 430 g/mol. The van der Waals surface area contributed by atoms with Crippen LogP contribution in [-0.4, -0.2) is 62.4 Å². The number of anilines is 2. The molecule has 0 aromatic heterocycles. The lowest BCUT2D eigenvalue weighted by Crippen LogP contribution is -2.37. The number of nitrogens with two attached hydrogens (primary N) is 1. The molecule has 8 heteroatoms. The van der Waals surface area contributed by atoms with E-state index in [9.17, 15) is 14.4 Å². The van der Waals surface area contributed by atoms with E-state index in [4.69, 9.17) is 5.73 Å². The molecule has 2 saturated heterocycles. The molecule has 0 saturated carbocycles. The van der Waals surface area contributed by atoms with Crippen LogP contribution in [0.5, 0.6) is 0 Å². The first-order chi connectivity index (χ1) is 16.4. The number of hydrogen-bond donors (Lipinski definition) is 2. The molecule has 2 aliphatic heterocycles. The highest BCUT2D eigenvalue weighted by molar-refractivity contribution is 5.98. The third kappa shape index (κ3) is 5.63. The molecule has 2 aromatic rings. The largest absolute Gasteiger partial charge is 0.352 e. The zero-order valence-electron chi connectivity index (χ0n) is 19.7. The van der Waals surface area contributed by atoms with Crippen LogP contribution in [0.1, 0.15) is 35.2 Å². The van der Waals surface area contributed by atoms with Gasteiger partial charge in [-0.05, 0) is 67.9 Å². The molecule has 2 aromatic carbocycles. The fourth-order valence-electron chi connectivity index (χ4n) is 4.58. The van der Waals surface area contributed by atoms with E-state index >= 15 is 0 Å². The van der Waals surface area contributed by atoms with E-state index in [-0.39, 0.29) is 23.6 Å². The summed E-state index contributed by atoms with van der Waals surface area (Å²) in [6, 6.07) is 14.8. The molecular formula is C26H33N5O3. The van der Waals surface area contributed by atoms with E-state index in [2.05, 4.69) is 10.2 Å². The summed E-state index contributed by atoms with van der Waals surface area (Å²) in [7, 11) is 1.79. The number of nitrogens with one attached hydrogen (secondary N) is 1. The average molecular weight is 464 g/mol. The summed E-state index contributed by atoms with van der Waals surface area (Å²) < 4.78 is 0. The smallest absolute Gasteiger partial charge is 0.251 e. The van der Waals surface area contributed by atoms with Crippen molar-refractivity contribution in [1.82, 2.24) is 10.2 Å². The maximum atomic E-state index is 12.6. The van der Waals surface area contributed by atoms with E-state index in [0.717, 1.165) is 42.9 Å². The Balaban J connectivity index is 1.30. The monoisotopic (exact) mass is 463 g/mol. The van der Waals surface area contributed by atoms with Crippen LogP contribution in [0.4, 0.5) is 11.4 Å². The van der Waals surface area contributed by atoms with Crippen molar-refractivity contribution in [2.75, 3.05) is 49.6 Å². The number of carbonyl (C=O) groups is 3. The van der Waals surface area contributed by atoms with Crippen LogP contribution in [0.25, 0.3) is 0 Å². The van der Waals surface area contributed by atoms with Crippen LogP contribution in [0, 0.1) is 5.92 Å². The van der Waals surface area contributed by atoms with Crippen molar-refractivity contribution in [2.24, 2.45) is 11.7 Å². The van der Waals surface area contributed by atoms with Crippen LogP contribution in [0.3, 0.4) is 0 Å². The van der Waals surface area contributed by atoms with Gasteiger partial charge in [0.25, 0.3) is 5.91 Å². The minimum atomic E-state index is -0.160. The first-order valence-corrected chi connectivity index (χ1v) is 11.9. The van der Waals surface area contributed by atoms with Crippen LogP contribution in [-0.2, 0) is 16.1 Å². The second kappa shape index (κ2) is 10.8. The number of rotatable bonds is 8. The molecule has 34 heavy (non-hydrogen) atoms. The zero-order valence-corrected chi connectivity index (χ0v) is 19.7. The summed E-state index contributed by atoms with van der Waals surface area (Å²) >= 11 is 0. The van der Waals surface area contributed by atoms with Crippen molar-refractivity contribution < 1.29 is 14.4 Å². The molecule has 1 atom stereocenters. The normalized spacial score (nSPS) is 18.4. The van der Waals surface area contributed by atoms with Gasteiger partial charge in [-0.2, -0.15) is 0 Å². The third-order valence-electron chi connectivity index (χ3n) is 6.66. The average Bonchev–Trinajstić information content (AvgIpc) is 3.51. The number of likely N-dealkylation sites (tertiary alicyclic amines) is 1. The fraction of sp³-hybridized carbons (Fsp3) is 0.423. The number of carbonyl (C=O) groups excluding carboxylic acids is 3. The van der Waals surface area contributed by atoms with E-state index < -0.39 is 0 Å². The summed E-state index contributed by atoms with van der Waals surface area (Å²) in [5.41, 5.74) is 8.75. The van der Waals surface area contributed by atoms with Gasteiger partial charge in [0, 0.05) is 56.0 Å². The standard InChI is InChI=1S/C26H33N5O3/c1-29(25(33)18-30-11-2-3-12-30)22-7-9-23(10-8-22)31-17-20(14-24(31)32)16-28-26(34)21-6-4-5-19(13-21)15-27/h4-10,13,20H,2-3,11-12,14-18,27H2,1H3,(H,28,34). The van der Waals surface area contributed by atoms with Gasteiger partial charge < -0.3 is 20.9 Å². The van der Waals surface area contributed by atoms with E-state index in [1.165, 1.54) is 0 Å². The van der Waals surface area contributed by atoms with E-state index in [1.807, 2.05) is 36.4 Å².